The number of carbonyl (C=O) groups is 1. The molecule has 0 aromatic heterocycles. The van der Waals surface area contributed by atoms with Crippen molar-refractivity contribution in [3.05, 3.63) is 65.2 Å². The van der Waals surface area contributed by atoms with E-state index in [1.54, 1.807) is 12.1 Å². The Hall–Kier alpha value is -2.55. The van der Waals surface area contributed by atoms with Crippen molar-refractivity contribution in [3.8, 4) is 5.75 Å². The minimum atomic E-state index is -0.198. The molecule has 0 aliphatic carbocycles. The fraction of sp³-hybridized carbons (Fsp3) is 0.118. The maximum Gasteiger partial charge on any atom is 0.248 e. The van der Waals surface area contributed by atoms with Gasteiger partial charge in [0.1, 0.15) is 5.75 Å². The van der Waals surface area contributed by atoms with Crippen LogP contribution in [0.2, 0.25) is 0 Å². The summed E-state index contributed by atoms with van der Waals surface area (Å²) < 4.78 is 0. The molecule has 0 heterocycles. The topological polar surface area (TPSA) is 49.3 Å². The first kappa shape index (κ1) is 13.9. The van der Waals surface area contributed by atoms with Gasteiger partial charge in [-0.05, 0) is 54.8 Å². The molecule has 2 aromatic rings. The maximum atomic E-state index is 11.8. The lowest BCUT2D eigenvalue weighted by molar-refractivity contribution is -0.111. The van der Waals surface area contributed by atoms with E-state index in [0.717, 1.165) is 22.4 Å². The van der Waals surface area contributed by atoms with Gasteiger partial charge >= 0.3 is 0 Å². The lowest BCUT2D eigenvalue weighted by atomic mass is 10.1. The number of phenols is 1. The fourth-order valence-corrected chi connectivity index (χ4v) is 1.81. The molecule has 3 nitrogen and oxygen atoms in total. The quantitative estimate of drug-likeness (QED) is 0.834. The number of hydrogen-bond donors (Lipinski definition) is 2. The Morgan fingerprint density at radius 2 is 1.95 bits per heavy atom. The summed E-state index contributed by atoms with van der Waals surface area (Å²) in [5, 5.41) is 12.4. The smallest absolute Gasteiger partial charge is 0.248 e. The Kier molecular flexibility index (Phi) is 4.20. The van der Waals surface area contributed by atoms with Crippen LogP contribution in [0.5, 0.6) is 5.75 Å². The summed E-state index contributed by atoms with van der Waals surface area (Å²) in [5.41, 5.74) is 3.46. The molecule has 1 amide bonds. The van der Waals surface area contributed by atoms with Crippen LogP contribution in [0.25, 0.3) is 6.08 Å². The zero-order valence-corrected chi connectivity index (χ0v) is 11.6. The molecule has 0 saturated heterocycles. The molecule has 0 fully saturated rings. The van der Waals surface area contributed by atoms with E-state index in [2.05, 4.69) is 5.32 Å². The van der Waals surface area contributed by atoms with E-state index >= 15 is 0 Å². The summed E-state index contributed by atoms with van der Waals surface area (Å²) in [4.78, 5) is 11.8. The zero-order valence-electron chi connectivity index (χ0n) is 11.6. The first-order valence-corrected chi connectivity index (χ1v) is 6.40. The van der Waals surface area contributed by atoms with Gasteiger partial charge in [-0.3, -0.25) is 4.79 Å². The van der Waals surface area contributed by atoms with Gasteiger partial charge in [0.15, 0.2) is 0 Å². The highest BCUT2D eigenvalue weighted by Gasteiger charge is 1.99. The van der Waals surface area contributed by atoms with Crippen molar-refractivity contribution in [2.75, 3.05) is 5.32 Å². The van der Waals surface area contributed by atoms with Gasteiger partial charge < -0.3 is 10.4 Å². The largest absolute Gasteiger partial charge is 0.508 e. The van der Waals surface area contributed by atoms with E-state index in [-0.39, 0.29) is 11.7 Å². The molecular weight excluding hydrogens is 250 g/mol. The molecule has 0 atom stereocenters. The van der Waals surface area contributed by atoms with E-state index in [1.807, 2.05) is 50.2 Å². The number of anilines is 1. The second-order valence-corrected chi connectivity index (χ2v) is 4.74. The molecule has 2 aromatic carbocycles. The number of rotatable bonds is 3. The third-order valence-corrected chi connectivity index (χ3v) is 2.95. The maximum absolute atomic E-state index is 11.8. The molecule has 3 heteroatoms. The average molecular weight is 267 g/mol. The molecule has 0 radical (unpaired) electrons. The average Bonchev–Trinajstić information content (AvgIpc) is 2.40. The van der Waals surface area contributed by atoms with E-state index < -0.39 is 0 Å². The van der Waals surface area contributed by atoms with Crippen LogP contribution in [0.3, 0.4) is 0 Å². The predicted molar refractivity (Wildman–Crippen MR) is 81.7 cm³/mol. The van der Waals surface area contributed by atoms with Crippen LogP contribution in [0, 0.1) is 13.8 Å². The molecule has 2 N–H and O–H groups in total. The van der Waals surface area contributed by atoms with Crippen molar-refractivity contribution in [1.29, 1.82) is 0 Å². The number of phenolic OH excluding ortho intramolecular Hbond substituents is 1. The van der Waals surface area contributed by atoms with Crippen LogP contribution in [-0.4, -0.2) is 11.0 Å². The Morgan fingerprint density at radius 3 is 2.65 bits per heavy atom. The van der Waals surface area contributed by atoms with Gasteiger partial charge in [0, 0.05) is 11.8 Å². The normalized spacial score (nSPS) is 10.7. The summed E-state index contributed by atoms with van der Waals surface area (Å²) in [7, 11) is 0. The van der Waals surface area contributed by atoms with Gasteiger partial charge in [0.05, 0.1) is 0 Å². The first-order chi connectivity index (χ1) is 9.54. The van der Waals surface area contributed by atoms with Crippen molar-refractivity contribution in [1.82, 2.24) is 0 Å². The molecule has 0 aliphatic rings. The standard InChI is InChI=1S/C17H17NO2/c1-12-4-3-5-15(10-12)18-17(20)9-8-14-7-6-13(2)16(19)11-14/h3-11,19H,1-2H3,(H,18,20)/b9-8+. The minimum Gasteiger partial charge on any atom is -0.508 e. The highest BCUT2D eigenvalue weighted by atomic mass is 16.3. The summed E-state index contributed by atoms with van der Waals surface area (Å²) >= 11 is 0. The van der Waals surface area contributed by atoms with Crippen LogP contribution >= 0.6 is 0 Å². The van der Waals surface area contributed by atoms with Crippen LogP contribution in [0.1, 0.15) is 16.7 Å². The number of aromatic hydroxyl groups is 1. The van der Waals surface area contributed by atoms with Crippen molar-refractivity contribution < 1.29 is 9.90 Å². The van der Waals surface area contributed by atoms with Crippen molar-refractivity contribution >= 4 is 17.7 Å². The van der Waals surface area contributed by atoms with Crippen LogP contribution in [0.15, 0.2) is 48.5 Å². The molecule has 2 rings (SSSR count). The number of carbonyl (C=O) groups excluding carboxylic acids is 1. The van der Waals surface area contributed by atoms with Gasteiger partial charge in [-0.1, -0.05) is 24.3 Å². The number of aryl methyl sites for hydroxylation is 2. The fourth-order valence-electron chi connectivity index (χ4n) is 1.81. The van der Waals surface area contributed by atoms with Gasteiger partial charge in [0.2, 0.25) is 5.91 Å². The Balaban J connectivity index is 2.03. The molecule has 0 unspecified atom stereocenters. The monoisotopic (exact) mass is 267 g/mol. The third kappa shape index (κ3) is 3.72. The highest BCUT2D eigenvalue weighted by Crippen LogP contribution is 2.18. The number of nitrogens with one attached hydrogen (secondary N) is 1. The number of amides is 1. The number of hydrogen-bond acceptors (Lipinski definition) is 2. The van der Waals surface area contributed by atoms with E-state index in [4.69, 9.17) is 0 Å². The molecular formula is C17H17NO2. The summed E-state index contributed by atoms with van der Waals surface area (Å²) in [6, 6.07) is 12.9. The van der Waals surface area contributed by atoms with Gasteiger partial charge in [0.25, 0.3) is 0 Å². The Morgan fingerprint density at radius 1 is 1.15 bits per heavy atom. The van der Waals surface area contributed by atoms with E-state index in [1.165, 1.54) is 6.08 Å². The lowest BCUT2D eigenvalue weighted by Crippen LogP contribution is -2.07. The Labute approximate surface area is 118 Å². The van der Waals surface area contributed by atoms with E-state index in [9.17, 15) is 9.90 Å². The molecule has 0 aliphatic heterocycles. The summed E-state index contributed by atoms with van der Waals surface area (Å²) in [5.74, 6) is 0.0295. The van der Waals surface area contributed by atoms with Crippen molar-refractivity contribution in [3.63, 3.8) is 0 Å². The molecule has 0 bridgehead atoms. The van der Waals surface area contributed by atoms with Crippen LogP contribution in [-0.2, 0) is 4.79 Å². The number of benzene rings is 2. The first-order valence-electron chi connectivity index (χ1n) is 6.40. The third-order valence-electron chi connectivity index (χ3n) is 2.95. The molecule has 0 spiro atoms. The van der Waals surface area contributed by atoms with E-state index in [0.29, 0.717) is 0 Å². The summed E-state index contributed by atoms with van der Waals surface area (Å²) in [6.45, 7) is 3.80. The van der Waals surface area contributed by atoms with Gasteiger partial charge in [-0.25, -0.2) is 0 Å². The zero-order chi connectivity index (χ0) is 14.5. The Bertz CT molecular complexity index is 660. The minimum absolute atomic E-state index is 0.198. The van der Waals surface area contributed by atoms with Crippen LogP contribution in [0.4, 0.5) is 5.69 Å². The molecule has 0 saturated carbocycles. The van der Waals surface area contributed by atoms with Crippen LogP contribution < -0.4 is 5.32 Å². The van der Waals surface area contributed by atoms with Crippen molar-refractivity contribution in [2.45, 2.75) is 13.8 Å². The van der Waals surface area contributed by atoms with Gasteiger partial charge in [-0.2, -0.15) is 0 Å². The summed E-state index contributed by atoms with van der Waals surface area (Å²) in [6.07, 6.45) is 3.12. The molecule has 102 valence electrons. The van der Waals surface area contributed by atoms with Crippen molar-refractivity contribution in [2.24, 2.45) is 0 Å². The molecule has 20 heavy (non-hydrogen) atoms. The predicted octanol–water partition coefficient (Wildman–Crippen LogP) is 3.66. The highest BCUT2D eigenvalue weighted by molar-refractivity contribution is 6.01. The second-order valence-electron chi connectivity index (χ2n) is 4.74. The SMILES string of the molecule is Cc1cccc(NC(=O)/C=C/c2ccc(C)c(O)c2)c1. The van der Waals surface area contributed by atoms with Gasteiger partial charge in [-0.15, -0.1) is 0 Å². The lowest BCUT2D eigenvalue weighted by Gasteiger charge is -2.03. The second kappa shape index (κ2) is 6.06.